The van der Waals surface area contributed by atoms with Crippen molar-refractivity contribution < 1.29 is 14.6 Å². The molecule has 1 atom stereocenters. The largest absolute Gasteiger partial charge is 0.508 e. The minimum Gasteiger partial charge on any atom is -0.508 e. The summed E-state index contributed by atoms with van der Waals surface area (Å²) in [4.78, 5) is 17.6. The summed E-state index contributed by atoms with van der Waals surface area (Å²) in [6.07, 6.45) is 4.00. The molecule has 152 valence electrons. The monoisotopic (exact) mass is 392 g/mol. The molecule has 4 aliphatic heterocycles. The fourth-order valence-electron chi connectivity index (χ4n) is 5.19. The molecule has 0 aliphatic carbocycles. The quantitative estimate of drug-likeness (QED) is 0.859. The van der Waals surface area contributed by atoms with E-state index in [9.17, 15) is 9.90 Å². The smallest absolute Gasteiger partial charge is 0.410 e. The number of nitrogens with zero attached hydrogens (tertiary/aromatic N) is 2. The lowest BCUT2D eigenvalue weighted by Crippen LogP contribution is -2.51. The minimum atomic E-state index is -0.222. The van der Waals surface area contributed by atoms with Gasteiger partial charge in [-0.25, -0.2) is 4.79 Å². The van der Waals surface area contributed by atoms with Crippen molar-refractivity contribution in [2.75, 3.05) is 32.8 Å². The highest BCUT2D eigenvalue weighted by Crippen LogP contribution is 2.41. The SMILES string of the molecule is O=C(OCC12CCN(CC1)CC2)N1CCc2ccccc2[C@@H]1c1ccc(O)cc1. The average Bonchev–Trinajstić information content (AvgIpc) is 2.79. The zero-order valence-corrected chi connectivity index (χ0v) is 16.7. The second-order valence-corrected chi connectivity index (χ2v) is 8.78. The molecule has 0 radical (unpaired) electrons. The van der Waals surface area contributed by atoms with Gasteiger partial charge in [-0.2, -0.15) is 0 Å². The van der Waals surface area contributed by atoms with E-state index in [4.69, 9.17) is 4.74 Å². The molecule has 2 aromatic carbocycles. The number of carbonyl (C=O) groups is 1. The van der Waals surface area contributed by atoms with Gasteiger partial charge in [-0.15, -0.1) is 0 Å². The average molecular weight is 392 g/mol. The van der Waals surface area contributed by atoms with E-state index >= 15 is 0 Å². The predicted octanol–water partition coefficient (Wildman–Crippen LogP) is 3.96. The Morgan fingerprint density at radius 1 is 1.00 bits per heavy atom. The van der Waals surface area contributed by atoms with Crippen LogP contribution in [0.25, 0.3) is 0 Å². The van der Waals surface area contributed by atoms with Gasteiger partial charge in [0.2, 0.25) is 0 Å². The maximum atomic E-state index is 13.2. The van der Waals surface area contributed by atoms with E-state index in [1.165, 1.54) is 5.56 Å². The first kappa shape index (κ1) is 18.5. The molecule has 5 nitrogen and oxygen atoms in total. The highest BCUT2D eigenvalue weighted by molar-refractivity contribution is 5.70. The van der Waals surface area contributed by atoms with Gasteiger partial charge in [0.15, 0.2) is 0 Å². The maximum absolute atomic E-state index is 13.2. The van der Waals surface area contributed by atoms with Gasteiger partial charge < -0.3 is 14.7 Å². The molecule has 3 fully saturated rings. The second-order valence-electron chi connectivity index (χ2n) is 8.78. The Bertz CT molecular complexity index is 873. The van der Waals surface area contributed by atoms with Gasteiger partial charge in [0, 0.05) is 12.0 Å². The fourth-order valence-corrected chi connectivity index (χ4v) is 5.19. The Labute approximate surface area is 171 Å². The van der Waals surface area contributed by atoms with Crippen LogP contribution in [-0.4, -0.2) is 53.8 Å². The number of rotatable bonds is 3. The summed E-state index contributed by atoms with van der Waals surface area (Å²) < 4.78 is 5.95. The maximum Gasteiger partial charge on any atom is 0.410 e. The van der Waals surface area contributed by atoms with Gasteiger partial charge in [0.25, 0.3) is 0 Å². The Kier molecular flexibility index (Phi) is 4.70. The fraction of sp³-hybridized carbons (Fsp3) is 0.458. The number of ether oxygens (including phenoxy) is 1. The predicted molar refractivity (Wildman–Crippen MR) is 111 cm³/mol. The van der Waals surface area contributed by atoms with Crippen LogP contribution in [-0.2, 0) is 11.2 Å². The molecule has 4 aliphatic rings. The van der Waals surface area contributed by atoms with Crippen molar-refractivity contribution in [1.82, 2.24) is 9.80 Å². The molecule has 0 spiro atoms. The van der Waals surface area contributed by atoms with Gasteiger partial charge in [-0.1, -0.05) is 36.4 Å². The van der Waals surface area contributed by atoms with Gasteiger partial charge in [0.1, 0.15) is 5.75 Å². The number of fused-ring (bicyclic) bond motifs is 4. The number of hydrogen-bond acceptors (Lipinski definition) is 4. The van der Waals surface area contributed by atoms with Crippen molar-refractivity contribution in [3.05, 3.63) is 65.2 Å². The number of amides is 1. The molecule has 0 aromatic heterocycles. The van der Waals surface area contributed by atoms with Crippen molar-refractivity contribution in [3.8, 4) is 5.75 Å². The van der Waals surface area contributed by atoms with Crippen molar-refractivity contribution in [3.63, 3.8) is 0 Å². The van der Waals surface area contributed by atoms with E-state index < -0.39 is 0 Å². The number of piperidine rings is 3. The Morgan fingerprint density at radius 2 is 1.69 bits per heavy atom. The van der Waals surface area contributed by atoms with E-state index in [1.54, 1.807) is 12.1 Å². The van der Waals surface area contributed by atoms with Crippen LogP contribution in [0.2, 0.25) is 0 Å². The Hall–Kier alpha value is -2.53. The van der Waals surface area contributed by atoms with E-state index in [1.807, 2.05) is 23.1 Å². The van der Waals surface area contributed by atoms with Crippen molar-refractivity contribution >= 4 is 6.09 Å². The summed E-state index contributed by atoms with van der Waals surface area (Å²) in [7, 11) is 0. The summed E-state index contributed by atoms with van der Waals surface area (Å²) in [6, 6.07) is 15.3. The molecule has 1 amide bonds. The highest BCUT2D eigenvalue weighted by atomic mass is 16.6. The summed E-state index contributed by atoms with van der Waals surface area (Å²) in [6.45, 7) is 4.56. The van der Waals surface area contributed by atoms with E-state index in [0.29, 0.717) is 13.2 Å². The normalized spacial score (nSPS) is 28.1. The molecule has 0 unspecified atom stereocenters. The van der Waals surface area contributed by atoms with Crippen LogP contribution >= 0.6 is 0 Å². The summed E-state index contributed by atoms with van der Waals surface area (Å²) in [5.41, 5.74) is 3.58. The molecule has 5 heteroatoms. The Balaban J connectivity index is 1.38. The number of hydrogen-bond donors (Lipinski definition) is 1. The van der Waals surface area contributed by atoms with E-state index in [-0.39, 0.29) is 23.3 Å². The number of phenolic OH excluding ortho intramolecular Hbond substituents is 1. The zero-order valence-electron chi connectivity index (χ0n) is 16.7. The number of benzene rings is 2. The standard InChI is InChI=1S/C24H28N2O3/c27-20-7-5-19(6-8-20)22-21-4-2-1-3-18(21)9-13-26(22)23(28)29-17-24-10-14-25(15-11-24)16-12-24/h1-8,22,27H,9-17H2/t22-/m0/s1. The molecule has 0 saturated carbocycles. The number of phenols is 1. The third kappa shape index (κ3) is 3.48. The molecule has 1 N–H and O–H groups in total. The van der Waals surface area contributed by atoms with Gasteiger partial charge in [-0.05, 0) is 74.1 Å². The van der Waals surface area contributed by atoms with Crippen LogP contribution in [0.5, 0.6) is 5.75 Å². The zero-order chi connectivity index (χ0) is 19.8. The summed E-state index contributed by atoms with van der Waals surface area (Å²) >= 11 is 0. The molecular formula is C24H28N2O3. The number of aromatic hydroxyl groups is 1. The first-order valence-corrected chi connectivity index (χ1v) is 10.7. The lowest BCUT2D eigenvalue weighted by Gasteiger charge is -2.48. The first-order valence-electron chi connectivity index (χ1n) is 10.7. The molecular weight excluding hydrogens is 364 g/mol. The van der Waals surface area contributed by atoms with Crippen molar-refractivity contribution in [1.29, 1.82) is 0 Å². The lowest BCUT2D eigenvalue weighted by atomic mass is 9.73. The van der Waals surface area contributed by atoms with Gasteiger partial charge in [-0.3, -0.25) is 4.90 Å². The van der Waals surface area contributed by atoms with Gasteiger partial charge >= 0.3 is 6.09 Å². The van der Waals surface area contributed by atoms with Crippen LogP contribution in [0.15, 0.2) is 48.5 Å². The number of carbonyl (C=O) groups excluding carboxylic acids is 1. The third-order valence-corrected chi connectivity index (χ3v) is 7.10. The molecule has 2 bridgehead atoms. The highest BCUT2D eigenvalue weighted by Gasteiger charge is 2.41. The van der Waals surface area contributed by atoms with Crippen LogP contribution in [0.1, 0.15) is 42.0 Å². The molecule has 3 saturated heterocycles. The van der Waals surface area contributed by atoms with Crippen molar-refractivity contribution in [2.24, 2.45) is 5.41 Å². The van der Waals surface area contributed by atoms with E-state index in [2.05, 4.69) is 23.1 Å². The molecule has 4 heterocycles. The molecule has 2 aromatic rings. The minimum absolute atomic E-state index is 0.173. The topological polar surface area (TPSA) is 53.0 Å². The third-order valence-electron chi connectivity index (χ3n) is 7.10. The molecule has 29 heavy (non-hydrogen) atoms. The summed E-state index contributed by atoms with van der Waals surface area (Å²) in [5, 5.41) is 9.70. The first-order chi connectivity index (χ1) is 14.1. The van der Waals surface area contributed by atoms with E-state index in [0.717, 1.165) is 56.4 Å². The summed E-state index contributed by atoms with van der Waals surface area (Å²) in [5.74, 6) is 0.231. The van der Waals surface area contributed by atoms with Gasteiger partial charge in [0.05, 0.1) is 12.6 Å². The second kappa shape index (κ2) is 7.38. The lowest BCUT2D eigenvalue weighted by molar-refractivity contribution is -0.0300. The van der Waals surface area contributed by atoms with Crippen molar-refractivity contribution in [2.45, 2.75) is 31.7 Å². The van der Waals surface area contributed by atoms with Crippen LogP contribution in [0, 0.1) is 5.41 Å². The Morgan fingerprint density at radius 3 is 2.41 bits per heavy atom. The van der Waals surface area contributed by atoms with Crippen LogP contribution < -0.4 is 0 Å². The van der Waals surface area contributed by atoms with Crippen LogP contribution in [0.4, 0.5) is 4.79 Å². The van der Waals surface area contributed by atoms with Crippen LogP contribution in [0.3, 0.4) is 0 Å². The molecule has 6 rings (SSSR count).